The first-order chi connectivity index (χ1) is 10.3. The number of carbonyl (C=O) groups is 1. The van der Waals surface area contributed by atoms with Crippen LogP contribution in [-0.2, 0) is 10.4 Å². The van der Waals surface area contributed by atoms with E-state index in [0.717, 1.165) is 0 Å². The van der Waals surface area contributed by atoms with E-state index in [1.54, 1.807) is 24.3 Å². The minimum atomic E-state index is -1.59. The molecule has 0 aliphatic rings. The van der Waals surface area contributed by atoms with Crippen molar-refractivity contribution in [2.24, 2.45) is 11.3 Å². The summed E-state index contributed by atoms with van der Waals surface area (Å²) in [7, 11) is 0. The summed E-state index contributed by atoms with van der Waals surface area (Å²) in [5, 5.41) is 21.3. The van der Waals surface area contributed by atoms with Gasteiger partial charge < -0.3 is 10.2 Å². The predicted molar refractivity (Wildman–Crippen MR) is 86.5 cm³/mol. The van der Waals surface area contributed by atoms with Crippen molar-refractivity contribution in [1.82, 2.24) is 0 Å². The van der Waals surface area contributed by atoms with Crippen LogP contribution in [0.4, 0.5) is 0 Å². The van der Waals surface area contributed by atoms with Crippen molar-refractivity contribution in [2.45, 2.75) is 26.4 Å². The zero-order valence-corrected chi connectivity index (χ0v) is 13.2. The summed E-state index contributed by atoms with van der Waals surface area (Å²) in [6.45, 7) is 5.51. The first-order valence-electron chi connectivity index (χ1n) is 7.34. The Morgan fingerprint density at radius 1 is 0.864 bits per heavy atom. The molecule has 2 N–H and O–H groups in total. The van der Waals surface area contributed by atoms with Gasteiger partial charge in [0.2, 0.25) is 0 Å². The van der Waals surface area contributed by atoms with E-state index in [2.05, 4.69) is 0 Å². The summed E-state index contributed by atoms with van der Waals surface area (Å²) in [5.41, 5.74) is -1.04. The zero-order valence-electron chi connectivity index (χ0n) is 13.2. The summed E-state index contributed by atoms with van der Waals surface area (Å²) < 4.78 is 0. The minimum absolute atomic E-state index is 0.587. The fraction of sp³-hybridized carbons (Fsp3) is 0.316. The number of benzene rings is 2. The minimum Gasteiger partial charge on any atom is -0.481 e. The quantitative estimate of drug-likeness (QED) is 0.905. The molecule has 0 heterocycles. The standard InChI is InChI=1S/C19H22O3/c1-18(2,3)16(17(20)21)19(22,14-10-6-4-7-11-14)15-12-8-5-9-13-15/h4-13,16,22H,1-3H3,(H,20,21)/t16-/m1/s1. The average molecular weight is 298 g/mol. The Morgan fingerprint density at radius 3 is 1.50 bits per heavy atom. The normalized spacial score (nSPS) is 13.6. The molecule has 0 saturated heterocycles. The first kappa shape index (κ1) is 16.2. The molecule has 0 saturated carbocycles. The van der Waals surface area contributed by atoms with E-state index in [1.807, 2.05) is 57.2 Å². The van der Waals surface area contributed by atoms with Crippen molar-refractivity contribution in [1.29, 1.82) is 0 Å². The molecule has 0 amide bonds. The molecule has 1 atom stereocenters. The van der Waals surface area contributed by atoms with Crippen LogP contribution in [0.2, 0.25) is 0 Å². The van der Waals surface area contributed by atoms with Crippen LogP contribution in [0.3, 0.4) is 0 Å². The molecule has 3 heteroatoms. The average Bonchev–Trinajstić information content (AvgIpc) is 2.47. The molecule has 116 valence electrons. The van der Waals surface area contributed by atoms with Crippen LogP contribution in [0.5, 0.6) is 0 Å². The fourth-order valence-corrected chi connectivity index (χ4v) is 3.06. The van der Waals surface area contributed by atoms with Crippen LogP contribution in [0.1, 0.15) is 31.9 Å². The van der Waals surface area contributed by atoms with Crippen LogP contribution >= 0.6 is 0 Å². The number of aliphatic carboxylic acids is 1. The zero-order chi connectivity index (χ0) is 16.4. The number of rotatable bonds is 4. The Kier molecular flexibility index (Phi) is 4.38. The summed E-state index contributed by atoms with van der Waals surface area (Å²) in [6, 6.07) is 18.0. The van der Waals surface area contributed by atoms with E-state index in [-0.39, 0.29) is 0 Å². The molecule has 0 unspecified atom stereocenters. The van der Waals surface area contributed by atoms with Crippen molar-refractivity contribution in [3.05, 3.63) is 71.8 Å². The highest BCUT2D eigenvalue weighted by Gasteiger charge is 2.50. The largest absolute Gasteiger partial charge is 0.481 e. The highest BCUT2D eigenvalue weighted by Crippen LogP contribution is 2.45. The Labute approximate surface area is 131 Å². The molecule has 2 aromatic rings. The topological polar surface area (TPSA) is 57.5 Å². The van der Waals surface area contributed by atoms with E-state index in [9.17, 15) is 15.0 Å². The van der Waals surface area contributed by atoms with Crippen molar-refractivity contribution < 1.29 is 15.0 Å². The lowest BCUT2D eigenvalue weighted by atomic mass is 9.65. The monoisotopic (exact) mass is 298 g/mol. The lowest BCUT2D eigenvalue weighted by Crippen LogP contribution is -2.47. The summed E-state index contributed by atoms with van der Waals surface area (Å²) in [4.78, 5) is 12.0. The molecule has 0 radical (unpaired) electrons. The second-order valence-corrected chi connectivity index (χ2v) is 6.64. The molecular formula is C19H22O3. The Balaban J connectivity index is 2.73. The van der Waals surface area contributed by atoms with Crippen LogP contribution in [0.25, 0.3) is 0 Å². The van der Waals surface area contributed by atoms with Gasteiger partial charge in [-0.05, 0) is 16.5 Å². The van der Waals surface area contributed by atoms with Crippen molar-refractivity contribution in [2.75, 3.05) is 0 Å². The van der Waals surface area contributed by atoms with Gasteiger partial charge in [-0.25, -0.2) is 0 Å². The van der Waals surface area contributed by atoms with Gasteiger partial charge in [0, 0.05) is 0 Å². The summed E-state index contributed by atoms with van der Waals surface area (Å²) >= 11 is 0. The van der Waals surface area contributed by atoms with E-state index in [1.165, 1.54) is 0 Å². The maximum Gasteiger partial charge on any atom is 0.310 e. The molecular weight excluding hydrogens is 276 g/mol. The van der Waals surface area contributed by atoms with E-state index >= 15 is 0 Å². The highest BCUT2D eigenvalue weighted by molar-refractivity contribution is 5.74. The molecule has 22 heavy (non-hydrogen) atoms. The van der Waals surface area contributed by atoms with Gasteiger partial charge in [-0.2, -0.15) is 0 Å². The van der Waals surface area contributed by atoms with Crippen LogP contribution in [-0.4, -0.2) is 16.2 Å². The van der Waals surface area contributed by atoms with Crippen LogP contribution < -0.4 is 0 Å². The van der Waals surface area contributed by atoms with Crippen molar-refractivity contribution in [3.63, 3.8) is 0 Å². The fourth-order valence-electron chi connectivity index (χ4n) is 3.06. The maximum absolute atomic E-state index is 12.0. The van der Waals surface area contributed by atoms with Gasteiger partial charge in [-0.3, -0.25) is 4.79 Å². The van der Waals surface area contributed by atoms with Crippen molar-refractivity contribution >= 4 is 5.97 Å². The SMILES string of the molecule is CC(C)(C)[C@@H](C(=O)O)C(O)(c1ccccc1)c1ccccc1. The third kappa shape index (κ3) is 2.90. The highest BCUT2D eigenvalue weighted by atomic mass is 16.4. The lowest BCUT2D eigenvalue weighted by Gasteiger charge is -2.41. The van der Waals surface area contributed by atoms with Gasteiger partial charge in [0.15, 0.2) is 0 Å². The van der Waals surface area contributed by atoms with Crippen molar-refractivity contribution in [3.8, 4) is 0 Å². The Hall–Kier alpha value is -2.13. The van der Waals surface area contributed by atoms with E-state index in [0.29, 0.717) is 11.1 Å². The second kappa shape index (κ2) is 5.93. The third-order valence-electron chi connectivity index (χ3n) is 3.96. The maximum atomic E-state index is 12.0. The third-order valence-corrected chi connectivity index (χ3v) is 3.96. The van der Waals surface area contributed by atoms with Crippen LogP contribution in [0, 0.1) is 11.3 Å². The molecule has 3 nitrogen and oxygen atoms in total. The molecule has 0 spiro atoms. The first-order valence-corrected chi connectivity index (χ1v) is 7.34. The Bertz CT molecular complexity index is 587. The molecule has 0 bridgehead atoms. The smallest absolute Gasteiger partial charge is 0.310 e. The predicted octanol–water partition coefficient (Wildman–Crippen LogP) is 3.67. The molecule has 0 aliphatic heterocycles. The number of carboxylic acid groups (broad SMARTS) is 1. The molecule has 0 aromatic heterocycles. The molecule has 0 fully saturated rings. The number of aliphatic hydroxyl groups is 1. The molecule has 0 aliphatic carbocycles. The van der Waals surface area contributed by atoms with Gasteiger partial charge >= 0.3 is 5.97 Å². The number of hydrogen-bond acceptors (Lipinski definition) is 2. The van der Waals surface area contributed by atoms with Crippen LogP contribution in [0.15, 0.2) is 60.7 Å². The summed E-state index contributed by atoms with van der Waals surface area (Å²) in [5.74, 6) is -1.99. The van der Waals surface area contributed by atoms with Gasteiger partial charge in [0.25, 0.3) is 0 Å². The second-order valence-electron chi connectivity index (χ2n) is 6.64. The van der Waals surface area contributed by atoms with E-state index < -0.39 is 22.9 Å². The lowest BCUT2D eigenvalue weighted by molar-refractivity contribution is -0.158. The van der Waals surface area contributed by atoms with Gasteiger partial charge in [-0.1, -0.05) is 81.4 Å². The Morgan fingerprint density at radius 2 is 1.23 bits per heavy atom. The number of carboxylic acids is 1. The molecule has 2 aromatic carbocycles. The molecule has 2 rings (SSSR count). The van der Waals surface area contributed by atoms with Gasteiger partial charge in [-0.15, -0.1) is 0 Å². The van der Waals surface area contributed by atoms with Gasteiger partial charge in [0.1, 0.15) is 5.60 Å². The van der Waals surface area contributed by atoms with E-state index in [4.69, 9.17) is 0 Å². The number of hydrogen-bond donors (Lipinski definition) is 2. The summed E-state index contributed by atoms with van der Waals surface area (Å²) in [6.07, 6.45) is 0. The van der Waals surface area contributed by atoms with Gasteiger partial charge in [0.05, 0.1) is 5.92 Å².